The lowest BCUT2D eigenvalue weighted by atomic mass is 10.1. The molecule has 4 aromatic rings. The number of rotatable bonds is 6. The van der Waals surface area contributed by atoms with Crippen molar-refractivity contribution in [2.45, 2.75) is 27.3 Å². The van der Waals surface area contributed by atoms with E-state index >= 15 is 0 Å². The van der Waals surface area contributed by atoms with E-state index in [1.807, 2.05) is 50.2 Å². The Morgan fingerprint density at radius 2 is 1.67 bits per heavy atom. The van der Waals surface area contributed by atoms with Crippen molar-refractivity contribution >= 4 is 33.4 Å². The van der Waals surface area contributed by atoms with Gasteiger partial charge >= 0.3 is 5.97 Å². The molecule has 33 heavy (non-hydrogen) atoms. The molecule has 1 amide bonds. The van der Waals surface area contributed by atoms with Gasteiger partial charge in [-0.05, 0) is 74.4 Å². The smallest absolute Gasteiger partial charge is 0.326 e. The summed E-state index contributed by atoms with van der Waals surface area (Å²) in [5.74, 6) is 0.444. The van der Waals surface area contributed by atoms with Crippen molar-refractivity contribution < 1.29 is 19.1 Å². The first-order chi connectivity index (χ1) is 15.9. The summed E-state index contributed by atoms with van der Waals surface area (Å²) >= 11 is 1.37. The zero-order valence-electron chi connectivity index (χ0n) is 18.7. The van der Waals surface area contributed by atoms with E-state index in [4.69, 9.17) is 9.47 Å². The Morgan fingerprint density at radius 1 is 0.939 bits per heavy atom. The first-order valence-corrected chi connectivity index (χ1v) is 11.4. The SMILES string of the molecule is CCOC(=O)Cn1c(=NC(=O)c2cccc(Oc3ccccc3)c2)sc2cc(C)c(C)cc21. The van der Waals surface area contributed by atoms with Crippen LogP contribution in [0.3, 0.4) is 0 Å². The summed E-state index contributed by atoms with van der Waals surface area (Å²) in [5.41, 5.74) is 3.48. The average Bonchev–Trinajstić information content (AvgIpc) is 3.10. The highest BCUT2D eigenvalue weighted by Crippen LogP contribution is 2.24. The average molecular weight is 461 g/mol. The molecule has 6 nitrogen and oxygen atoms in total. The zero-order chi connectivity index (χ0) is 23.4. The van der Waals surface area contributed by atoms with Gasteiger partial charge in [0, 0.05) is 5.56 Å². The first-order valence-electron chi connectivity index (χ1n) is 10.6. The lowest BCUT2D eigenvalue weighted by Gasteiger charge is -2.07. The molecular weight excluding hydrogens is 436 g/mol. The summed E-state index contributed by atoms with van der Waals surface area (Å²) in [7, 11) is 0. The summed E-state index contributed by atoms with van der Waals surface area (Å²) in [6, 6.07) is 20.3. The molecule has 0 aliphatic heterocycles. The van der Waals surface area contributed by atoms with Crippen molar-refractivity contribution in [1.29, 1.82) is 0 Å². The third-order valence-electron chi connectivity index (χ3n) is 5.15. The van der Waals surface area contributed by atoms with Crippen LogP contribution >= 0.6 is 11.3 Å². The number of amides is 1. The van der Waals surface area contributed by atoms with E-state index in [-0.39, 0.29) is 12.5 Å². The molecule has 0 aliphatic rings. The molecule has 0 bridgehead atoms. The zero-order valence-corrected chi connectivity index (χ0v) is 19.5. The van der Waals surface area contributed by atoms with Crippen molar-refractivity contribution in [3.63, 3.8) is 0 Å². The first kappa shape index (κ1) is 22.5. The summed E-state index contributed by atoms with van der Waals surface area (Å²) in [5, 5.41) is 0. The fraction of sp³-hybridized carbons (Fsp3) is 0.192. The molecule has 0 N–H and O–H groups in total. The van der Waals surface area contributed by atoms with E-state index < -0.39 is 5.91 Å². The van der Waals surface area contributed by atoms with Crippen molar-refractivity contribution in [2.24, 2.45) is 4.99 Å². The number of hydrogen-bond acceptors (Lipinski definition) is 5. The second kappa shape index (κ2) is 9.83. The minimum Gasteiger partial charge on any atom is -0.465 e. The molecule has 0 aliphatic carbocycles. The highest BCUT2D eigenvalue weighted by molar-refractivity contribution is 7.16. The minimum atomic E-state index is -0.411. The standard InChI is InChI=1S/C26H24N2O4S/c1-4-31-24(29)16-28-22-13-17(2)18(3)14-23(22)33-26(28)27-25(30)19-9-8-12-21(15-19)32-20-10-6-5-7-11-20/h5-15H,4,16H2,1-3H3. The molecule has 0 spiro atoms. The van der Waals surface area contributed by atoms with Crippen LogP contribution in [0.15, 0.2) is 71.7 Å². The van der Waals surface area contributed by atoms with Crippen LogP contribution < -0.4 is 9.54 Å². The van der Waals surface area contributed by atoms with Gasteiger partial charge in [-0.1, -0.05) is 35.6 Å². The van der Waals surface area contributed by atoms with E-state index in [1.54, 1.807) is 35.8 Å². The summed E-state index contributed by atoms with van der Waals surface area (Å²) in [6.07, 6.45) is 0. The Labute approximate surface area is 195 Å². The van der Waals surface area contributed by atoms with Gasteiger partial charge < -0.3 is 14.0 Å². The number of carbonyl (C=O) groups is 2. The van der Waals surface area contributed by atoms with Gasteiger partial charge in [-0.15, -0.1) is 0 Å². The van der Waals surface area contributed by atoms with Crippen molar-refractivity contribution in [1.82, 2.24) is 4.57 Å². The van der Waals surface area contributed by atoms with E-state index in [1.165, 1.54) is 11.3 Å². The lowest BCUT2D eigenvalue weighted by Crippen LogP contribution is -2.23. The molecule has 0 radical (unpaired) electrons. The van der Waals surface area contributed by atoms with E-state index in [2.05, 4.69) is 11.1 Å². The van der Waals surface area contributed by atoms with Crippen LogP contribution in [0, 0.1) is 13.8 Å². The molecule has 1 aromatic heterocycles. The number of aryl methyl sites for hydroxylation is 2. The molecule has 0 atom stereocenters. The summed E-state index contributed by atoms with van der Waals surface area (Å²) in [6.45, 7) is 6.09. The van der Waals surface area contributed by atoms with Gasteiger partial charge in [0.1, 0.15) is 18.0 Å². The quantitative estimate of drug-likeness (QED) is 0.361. The van der Waals surface area contributed by atoms with Crippen LogP contribution in [-0.4, -0.2) is 23.1 Å². The number of fused-ring (bicyclic) bond motifs is 1. The summed E-state index contributed by atoms with van der Waals surface area (Å²) < 4.78 is 13.7. The third-order valence-corrected chi connectivity index (χ3v) is 6.19. The van der Waals surface area contributed by atoms with Crippen LogP contribution in [0.4, 0.5) is 0 Å². The van der Waals surface area contributed by atoms with Gasteiger partial charge in [0.15, 0.2) is 4.80 Å². The third kappa shape index (κ3) is 5.21. The number of para-hydroxylation sites is 1. The molecule has 0 saturated heterocycles. The monoisotopic (exact) mass is 460 g/mol. The summed E-state index contributed by atoms with van der Waals surface area (Å²) in [4.78, 5) is 30.1. The largest absolute Gasteiger partial charge is 0.465 e. The van der Waals surface area contributed by atoms with Gasteiger partial charge in [-0.3, -0.25) is 9.59 Å². The number of esters is 1. The molecule has 7 heteroatoms. The number of aromatic nitrogens is 1. The van der Waals surface area contributed by atoms with Gasteiger partial charge in [-0.25, -0.2) is 0 Å². The fourth-order valence-electron chi connectivity index (χ4n) is 3.36. The van der Waals surface area contributed by atoms with Crippen molar-refractivity contribution in [3.05, 3.63) is 88.2 Å². The molecule has 1 heterocycles. The minimum absolute atomic E-state index is 0.0143. The maximum Gasteiger partial charge on any atom is 0.326 e. The number of thiazole rings is 1. The number of hydrogen-bond donors (Lipinski definition) is 0. The van der Waals surface area contributed by atoms with Gasteiger partial charge in [0.05, 0.1) is 16.8 Å². The second-order valence-corrected chi connectivity index (χ2v) is 8.55. The fourth-order valence-corrected chi connectivity index (χ4v) is 4.47. The Hall–Kier alpha value is -3.71. The molecule has 0 saturated carbocycles. The van der Waals surface area contributed by atoms with Crippen LogP contribution in [-0.2, 0) is 16.1 Å². The highest BCUT2D eigenvalue weighted by Gasteiger charge is 2.14. The van der Waals surface area contributed by atoms with Crippen LogP contribution in [0.2, 0.25) is 0 Å². The highest BCUT2D eigenvalue weighted by atomic mass is 32.1. The number of nitrogens with zero attached hydrogens (tertiary/aromatic N) is 2. The molecule has 3 aromatic carbocycles. The maximum absolute atomic E-state index is 13.0. The van der Waals surface area contributed by atoms with Crippen LogP contribution in [0.1, 0.15) is 28.4 Å². The molecule has 0 unspecified atom stereocenters. The lowest BCUT2D eigenvalue weighted by molar-refractivity contribution is -0.143. The van der Waals surface area contributed by atoms with Crippen LogP contribution in [0.5, 0.6) is 11.5 Å². The van der Waals surface area contributed by atoms with Gasteiger partial charge in [0.25, 0.3) is 5.91 Å². The van der Waals surface area contributed by atoms with Crippen LogP contribution in [0.25, 0.3) is 10.2 Å². The predicted octanol–water partition coefficient (Wildman–Crippen LogP) is 5.42. The van der Waals surface area contributed by atoms with E-state index in [9.17, 15) is 9.59 Å². The number of carbonyl (C=O) groups excluding carboxylic acids is 2. The van der Waals surface area contributed by atoms with Gasteiger partial charge in [0.2, 0.25) is 0 Å². The Morgan fingerprint density at radius 3 is 2.42 bits per heavy atom. The molecule has 4 rings (SSSR count). The molecule has 168 valence electrons. The molecule has 0 fully saturated rings. The number of benzene rings is 3. The Bertz CT molecular complexity index is 1390. The number of ether oxygens (including phenoxy) is 2. The van der Waals surface area contributed by atoms with E-state index in [0.717, 1.165) is 21.3 Å². The maximum atomic E-state index is 13.0. The molecular formula is C26H24N2O4S. The normalized spacial score (nSPS) is 11.5. The predicted molar refractivity (Wildman–Crippen MR) is 129 cm³/mol. The Kier molecular flexibility index (Phi) is 6.70. The van der Waals surface area contributed by atoms with E-state index in [0.29, 0.717) is 28.5 Å². The van der Waals surface area contributed by atoms with Crippen molar-refractivity contribution in [3.8, 4) is 11.5 Å². The van der Waals surface area contributed by atoms with Gasteiger partial charge in [-0.2, -0.15) is 4.99 Å². The van der Waals surface area contributed by atoms with Crippen molar-refractivity contribution in [2.75, 3.05) is 6.61 Å². The topological polar surface area (TPSA) is 69.9 Å². The Balaban J connectivity index is 1.72. The second-order valence-electron chi connectivity index (χ2n) is 7.54.